The van der Waals surface area contributed by atoms with E-state index < -0.39 is 6.09 Å². The van der Waals surface area contributed by atoms with Gasteiger partial charge in [0.15, 0.2) is 0 Å². The molecule has 0 bridgehead atoms. The zero-order valence-electron chi connectivity index (χ0n) is 13.9. The molecule has 1 atom stereocenters. The lowest BCUT2D eigenvalue weighted by Gasteiger charge is -2.44. The van der Waals surface area contributed by atoms with Gasteiger partial charge in [0, 0.05) is 13.1 Å². The summed E-state index contributed by atoms with van der Waals surface area (Å²) in [6.45, 7) is 1.51. The Hall–Kier alpha value is -2.82. The van der Waals surface area contributed by atoms with Gasteiger partial charge in [-0.3, -0.25) is 9.69 Å². The molecule has 2 heterocycles. The molecule has 128 valence electrons. The van der Waals surface area contributed by atoms with E-state index in [0.717, 1.165) is 17.5 Å². The molecule has 0 saturated carbocycles. The predicted molar refractivity (Wildman–Crippen MR) is 92.8 cm³/mol. The van der Waals surface area contributed by atoms with Gasteiger partial charge in [0.05, 0.1) is 6.04 Å². The van der Waals surface area contributed by atoms with Crippen molar-refractivity contribution >= 4 is 12.0 Å². The fourth-order valence-corrected chi connectivity index (χ4v) is 3.62. The molecule has 0 N–H and O–H groups in total. The molecule has 2 aromatic carbocycles. The van der Waals surface area contributed by atoms with Crippen LogP contribution in [0.15, 0.2) is 54.6 Å². The average molecular weight is 336 g/mol. The summed E-state index contributed by atoms with van der Waals surface area (Å²) in [6.07, 6.45) is 0.441. The number of piperazine rings is 1. The lowest BCUT2D eigenvalue weighted by molar-refractivity contribution is -0.139. The number of benzene rings is 2. The first-order valence-electron chi connectivity index (χ1n) is 8.55. The standard InChI is InChI=1S/C20H20N2O3/c23-19-13-21(20(24)25-14-15-6-2-1-3-7-15)12-18-17-9-5-4-8-16(17)10-11-22(18)19/h1-9,18H,10-14H2. The fourth-order valence-electron chi connectivity index (χ4n) is 3.62. The number of carbonyl (C=O) groups excluding carboxylic acids is 2. The number of nitrogens with zero attached hydrogens (tertiary/aromatic N) is 2. The van der Waals surface area contributed by atoms with E-state index in [1.165, 1.54) is 10.5 Å². The molecule has 0 spiro atoms. The lowest BCUT2D eigenvalue weighted by atomic mass is 9.91. The number of fused-ring (bicyclic) bond motifs is 3. The molecule has 0 aliphatic carbocycles. The van der Waals surface area contributed by atoms with Gasteiger partial charge in [-0.15, -0.1) is 0 Å². The second-order valence-corrected chi connectivity index (χ2v) is 6.47. The molecule has 2 aromatic rings. The highest BCUT2D eigenvalue weighted by Crippen LogP contribution is 2.33. The Morgan fingerprint density at radius 2 is 1.84 bits per heavy atom. The second kappa shape index (κ2) is 6.59. The number of carbonyl (C=O) groups is 2. The molecule has 2 aliphatic heterocycles. The summed E-state index contributed by atoms with van der Waals surface area (Å²) in [4.78, 5) is 28.4. The third kappa shape index (κ3) is 3.09. The molecule has 2 aliphatic rings. The van der Waals surface area contributed by atoms with E-state index in [9.17, 15) is 9.59 Å². The van der Waals surface area contributed by atoms with E-state index in [-0.39, 0.29) is 25.1 Å². The normalized spacial score (nSPS) is 19.2. The van der Waals surface area contributed by atoms with Gasteiger partial charge in [-0.1, -0.05) is 54.6 Å². The van der Waals surface area contributed by atoms with Crippen LogP contribution in [0.2, 0.25) is 0 Å². The van der Waals surface area contributed by atoms with Crippen molar-refractivity contribution in [1.82, 2.24) is 9.80 Å². The zero-order valence-corrected chi connectivity index (χ0v) is 13.9. The van der Waals surface area contributed by atoms with Gasteiger partial charge in [0.1, 0.15) is 13.2 Å². The highest BCUT2D eigenvalue weighted by atomic mass is 16.6. The van der Waals surface area contributed by atoms with Crippen LogP contribution in [0.5, 0.6) is 0 Å². The van der Waals surface area contributed by atoms with Crippen LogP contribution in [0.1, 0.15) is 22.7 Å². The highest BCUT2D eigenvalue weighted by Gasteiger charge is 2.38. The minimum atomic E-state index is -0.431. The minimum Gasteiger partial charge on any atom is -0.445 e. The summed E-state index contributed by atoms with van der Waals surface area (Å²) < 4.78 is 5.40. The Balaban J connectivity index is 1.48. The van der Waals surface area contributed by atoms with Crippen molar-refractivity contribution in [2.45, 2.75) is 19.1 Å². The summed E-state index contributed by atoms with van der Waals surface area (Å²) in [7, 11) is 0. The number of hydrogen-bond donors (Lipinski definition) is 0. The van der Waals surface area contributed by atoms with Crippen molar-refractivity contribution in [3.63, 3.8) is 0 Å². The molecule has 1 fully saturated rings. The quantitative estimate of drug-likeness (QED) is 0.847. The summed E-state index contributed by atoms with van der Waals surface area (Å²) in [6, 6.07) is 17.6. The summed E-state index contributed by atoms with van der Waals surface area (Å²) in [5, 5.41) is 0. The summed E-state index contributed by atoms with van der Waals surface area (Å²) >= 11 is 0. The maximum Gasteiger partial charge on any atom is 0.410 e. The number of ether oxygens (including phenoxy) is 1. The molecule has 5 nitrogen and oxygen atoms in total. The molecule has 1 unspecified atom stereocenters. The highest BCUT2D eigenvalue weighted by molar-refractivity contribution is 5.84. The van der Waals surface area contributed by atoms with Crippen LogP contribution >= 0.6 is 0 Å². The van der Waals surface area contributed by atoms with Crippen LogP contribution in [-0.4, -0.2) is 41.4 Å². The number of amides is 2. The topological polar surface area (TPSA) is 49.9 Å². The Kier molecular flexibility index (Phi) is 4.14. The van der Waals surface area contributed by atoms with Gasteiger partial charge in [-0.05, 0) is 23.1 Å². The first-order chi connectivity index (χ1) is 12.2. The van der Waals surface area contributed by atoms with E-state index in [1.807, 2.05) is 47.4 Å². The van der Waals surface area contributed by atoms with Crippen molar-refractivity contribution in [1.29, 1.82) is 0 Å². The first kappa shape index (κ1) is 15.7. The van der Waals surface area contributed by atoms with E-state index in [4.69, 9.17) is 4.74 Å². The summed E-state index contributed by atoms with van der Waals surface area (Å²) in [5.74, 6) is -0.0117. The third-order valence-electron chi connectivity index (χ3n) is 4.92. The average Bonchev–Trinajstić information content (AvgIpc) is 2.66. The van der Waals surface area contributed by atoms with Crippen molar-refractivity contribution in [2.24, 2.45) is 0 Å². The van der Waals surface area contributed by atoms with Crippen molar-refractivity contribution in [3.8, 4) is 0 Å². The SMILES string of the molecule is O=C(OCc1ccccc1)N1CC(=O)N2CCc3ccccc3C2C1. The maximum atomic E-state index is 12.5. The van der Waals surface area contributed by atoms with Crippen molar-refractivity contribution < 1.29 is 14.3 Å². The Labute approximate surface area is 146 Å². The molecule has 25 heavy (non-hydrogen) atoms. The third-order valence-corrected chi connectivity index (χ3v) is 4.92. The predicted octanol–water partition coefficient (Wildman–Crippen LogP) is 2.76. The van der Waals surface area contributed by atoms with Gasteiger partial charge in [-0.2, -0.15) is 0 Å². The molecule has 0 radical (unpaired) electrons. The first-order valence-corrected chi connectivity index (χ1v) is 8.55. The smallest absolute Gasteiger partial charge is 0.410 e. The van der Waals surface area contributed by atoms with E-state index in [1.54, 1.807) is 0 Å². The molecule has 2 amide bonds. The molecule has 0 aromatic heterocycles. The Morgan fingerprint density at radius 3 is 2.68 bits per heavy atom. The Bertz CT molecular complexity index is 791. The van der Waals surface area contributed by atoms with Gasteiger partial charge in [-0.25, -0.2) is 4.79 Å². The van der Waals surface area contributed by atoms with Crippen LogP contribution in [0, 0.1) is 0 Å². The van der Waals surface area contributed by atoms with Gasteiger partial charge < -0.3 is 9.64 Å². The molecular weight excluding hydrogens is 316 g/mol. The second-order valence-electron chi connectivity index (χ2n) is 6.47. The van der Waals surface area contributed by atoms with E-state index >= 15 is 0 Å². The largest absolute Gasteiger partial charge is 0.445 e. The van der Waals surface area contributed by atoms with E-state index in [0.29, 0.717) is 13.1 Å². The van der Waals surface area contributed by atoms with Crippen LogP contribution in [-0.2, 0) is 22.6 Å². The number of hydrogen-bond acceptors (Lipinski definition) is 3. The van der Waals surface area contributed by atoms with Crippen molar-refractivity contribution in [2.75, 3.05) is 19.6 Å². The fraction of sp³-hybridized carbons (Fsp3) is 0.300. The molecule has 5 heteroatoms. The summed E-state index contributed by atoms with van der Waals surface area (Å²) in [5.41, 5.74) is 3.34. The van der Waals surface area contributed by atoms with Gasteiger partial charge in [0.25, 0.3) is 0 Å². The molecule has 1 saturated heterocycles. The van der Waals surface area contributed by atoms with Crippen LogP contribution in [0.4, 0.5) is 4.79 Å². The monoisotopic (exact) mass is 336 g/mol. The Morgan fingerprint density at radius 1 is 1.08 bits per heavy atom. The molecular formula is C20H20N2O3. The van der Waals surface area contributed by atoms with Gasteiger partial charge >= 0.3 is 6.09 Å². The number of rotatable bonds is 2. The van der Waals surface area contributed by atoms with Gasteiger partial charge in [0.2, 0.25) is 5.91 Å². The minimum absolute atomic E-state index is 0.0117. The van der Waals surface area contributed by atoms with Crippen molar-refractivity contribution in [3.05, 3.63) is 71.3 Å². The maximum absolute atomic E-state index is 12.5. The zero-order chi connectivity index (χ0) is 17.2. The van der Waals surface area contributed by atoms with Crippen LogP contribution in [0.25, 0.3) is 0 Å². The van der Waals surface area contributed by atoms with Crippen LogP contribution < -0.4 is 0 Å². The van der Waals surface area contributed by atoms with E-state index in [2.05, 4.69) is 12.1 Å². The molecule has 4 rings (SSSR count). The van der Waals surface area contributed by atoms with Crippen LogP contribution in [0.3, 0.4) is 0 Å². The lowest BCUT2D eigenvalue weighted by Crippen LogP contribution is -2.55.